The fourth-order valence-corrected chi connectivity index (χ4v) is 2.12. The molecule has 0 spiro atoms. The number of fused-ring (bicyclic) bond motifs is 1. The number of amides is 1. The molecule has 4 N–H and O–H groups in total. The molecule has 10 nitrogen and oxygen atoms in total. The summed E-state index contributed by atoms with van der Waals surface area (Å²) in [5.74, 6) is -1.76. The number of hydrogen-bond acceptors (Lipinski definition) is 7. The molecule has 0 saturated heterocycles. The van der Waals surface area contributed by atoms with Crippen LogP contribution in [-0.2, 0) is 9.59 Å². The number of nitrogens with zero attached hydrogens (tertiary/aromatic N) is 5. The Bertz CT molecular complexity index is 890. The molecule has 1 amide bonds. The van der Waals surface area contributed by atoms with Crippen LogP contribution < -0.4 is 16.0 Å². The number of carboxylic acids is 1. The maximum absolute atomic E-state index is 12.4. The van der Waals surface area contributed by atoms with Crippen molar-refractivity contribution in [3.8, 4) is 0 Å². The van der Waals surface area contributed by atoms with Crippen LogP contribution in [0.1, 0.15) is 0 Å². The Balaban J connectivity index is 2.25. The average molecular weight is 363 g/mol. The SMILES string of the molecule is CN=C(C(=O)Nc1ccn2nc(N(C)CCF)nc2c1)C(=CN)C(=O)O. The van der Waals surface area contributed by atoms with Crippen LogP contribution in [0.3, 0.4) is 0 Å². The molecule has 138 valence electrons. The van der Waals surface area contributed by atoms with Gasteiger partial charge in [-0.05, 0) is 6.07 Å². The Hall–Kier alpha value is -3.50. The minimum absolute atomic E-state index is 0.153. The number of halogens is 1. The third-order valence-corrected chi connectivity index (χ3v) is 3.44. The van der Waals surface area contributed by atoms with Crippen molar-refractivity contribution < 1.29 is 19.1 Å². The number of rotatable bonds is 7. The van der Waals surface area contributed by atoms with Gasteiger partial charge in [0.15, 0.2) is 5.65 Å². The molecular formula is C15H18FN7O3. The van der Waals surface area contributed by atoms with E-state index in [4.69, 9.17) is 10.8 Å². The summed E-state index contributed by atoms with van der Waals surface area (Å²) in [6.45, 7) is -0.382. The smallest absolute Gasteiger partial charge is 0.339 e. The third-order valence-electron chi connectivity index (χ3n) is 3.44. The predicted octanol–water partition coefficient (Wildman–Crippen LogP) is 0.0715. The van der Waals surface area contributed by atoms with E-state index in [0.29, 0.717) is 17.3 Å². The Morgan fingerprint density at radius 2 is 2.27 bits per heavy atom. The number of aromatic nitrogens is 3. The summed E-state index contributed by atoms with van der Waals surface area (Å²) in [6, 6.07) is 3.09. The molecule has 2 aromatic rings. The van der Waals surface area contributed by atoms with E-state index in [-0.39, 0.29) is 12.3 Å². The molecule has 0 unspecified atom stereocenters. The predicted molar refractivity (Wildman–Crippen MR) is 94.1 cm³/mol. The van der Waals surface area contributed by atoms with Gasteiger partial charge < -0.3 is 21.1 Å². The summed E-state index contributed by atoms with van der Waals surface area (Å²) >= 11 is 0. The fourth-order valence-electron chi connectivity index (χ4n) is 2.12. The van der Waals surface area contributed by atoms with Gasteiger partial charge in [0.2, 0.25) is 5.95 Å². The molecule has 0 aliphatic rings. The maximum atomic E-state index is 12.4. The molecule has 0 fully saturated rings. The lowest BCUT2D eigenvalue weighted by atomic mass is 10.1. The van der Waals surface area contributed by atoms with Crippen LogP contribution >= 0.6 is 0 Å². The summed E-state index contributed by atoms with van der Waals surface area (Å²) in [6.07, 6.45) is 2.36. The normalized spacial score (nSPS) is 12.3. The molecule has 0 bridgehead atoms. The molecule has 0 aromatic carbocycles. The van der Waals surface area contributed by atoms with Gasteiger partial charge in [-0.1, -0.05) is 0 Å². The topological polar surface area (TPSA) is 138 Å². The lowest BCUT2D eigenvalue weighted by Crippen LogP contribution is -2.28. The van der Waals surface area contributed by atoms with Crippen LogP contribution in [0.25, 0.3) is 5.65 Å². The van der Waals surface area contributed by atoms with E-state index in [0.717, 1.165) is 6.20 Å². The van der Waals surface area contributed by atoms with Gasteiger partial charge in [0.1, 0.15) is 18.0 Å². The van der Waals surface area contributed by atoms with Crippen molar-refractivity contribution in [3.05, 3.63) is 30.1 Å². The monoisotopic (exact) mass is 363 g/mol. The van der Waals surface area contributed by atoms with E-state index >= 15 is 0 Å². The number of hydrogen-bond donors (Lipinski definition) is 3. The van der Waals surface area contributed by atoms with Gasteiger partial charge >= 0.3 is 5.97 Å². The van der Waals surface area contributed by atoms with Crippen LogP contribution in [0, 0.1) is 0 Å². The van der Waals surface area contributed by atoms with E-state index in [1.54, 1.807) is 24.2 Å². The molecule has 26 heavy (non-hydrogen) atoms. The third kappa shape index (κ3) is 3.94. The molecule has 2 aromatic heterocycles. The number of nitrogens with one attached hydrogen (secondary N) is 1. The lowest BCUT2D eigenvalue weighted by molar-refractivity contribution is -0.132. The van der Waals surface area contributed by atoms with Crippen LogP contribution in [0.5, 0.6) is 0 Å². The zero-order valence-electron chi connectivity index (χ0n) is 14.2. The first-order valence-corrected chi connectivity index (χ1v) is 7.48. The summed E-state index contributed by atoms with van der Waals surface area (Å²) in [5, 5.41) is 15.8. The summed E-state index contributed by atoms with van der Waals surface area (Å²) in [5.41, 5.74) is 5.31. The number of carbonyl (C=O) groups excluding carboxylic acids is 1. The number of alkyl halides is 1. The molecule has 0 aliphatic carbocycles. The summed E-state index contributed by atoms with van der Waals surface area (Å²) in [7, 11) is 2.95. The van der Waals surface area contributed by atoms with E-state index < -0.39 is 24.1 Å². The molecule has 11 heteroatoms. The molecule has 0 saturated carbocycles. The maximum Gasteiger partial charge on any atom is 0.339 e. The second-order valence-electron chi connectivity index (χ2n) is 5.15. The van der Waals surface area contributed by atoms with Crippen LogP contribution in [0.2, 0.25) is 0 Å². The van der Waals surface area contributed by atoms with Crippen LogP contribution in [0.15, 0.2) is 35.1 Å². The Kier molecular flexibility index (Phi) is 5.83. The zero-order chi connectivity index (χ0) is 19.3. The first-order chi connectivity index (χ1) is 12.4. The number of nitrogens with two attached hydrogens (primary N) is 1. The zero-order valence-corrected chi connectivity index (χ0v) is 14.2. The van der Waals surface area contributed by atoms with Gasteiger partial charge in [-0.2, -0.15) is 4.98 Å². The van der Waals surface area contributed by atoms with Crippen molar-refractivity contribution in [3.63, 3.8) is 0 Å². The highest BCUT2D eigenvalue weighted by Gasteiger charge is 2.21. The van der Waals surface area contributed by atoms with Gasteiger partial charge in [0, 0.05) is 44.8 Å². The molecule has 0 atom stereocenters. The number of carbonyl (C=O) groups is 2. The number of aliphatic imine (C=N–C) groups is 1. The van der Waals surface area contributed by atoms with E-state index in [9.17, 15) is 14.0 Å². The first-order valence-electron chi connectivity index (χ1n) is 7.48. The standard InChI is InChI=1S/C15H18FN7O3/c1-18-12(10(8-17)14(25)26)13(24)19-9-3-5-23-11(7-9)20-15(21-23)22(2)6-4-16/h3,5,7-8H,4,6,17H2,1-2H3,(H,19,24)(H,25,26). The first kappa shape index (κ1) is 18.8. The van der Waals surface area contributed by atoms with Gasteiger partial charge in [-0.3, -0.25) is 9.79 Å². The number of anilines is 2. The molecule has 0 radical (unpaired) electrons. The Morgan fingerprint density at radius 3 is 2.85 bits per heavy atom. The van der Waals surface area contributed by atoms with Crippen LogP contribution in [-0.4, -0.2) is 64.6 Å². The van der Waals surface area contributed by atoms with Gasteiger partial charge in [0.05, 0.1) is 0 Å². The second kappa shape index (κ2) is 8.05. The second-order valence-corrected chi connectivity index (χ2v) is 5.15. The highest BCUT2D eigenvalue weighted by Crippen LogP contribution is 2.15. The molecule has 0 aliphatic heterocycles. The van der Waals surface area contributed by atoms with Crippen molar-refractivity contribution in [2.75, 3.05) is 37.5 Å². The number of carboxylic acid groups (broad SMARTS) is 1. The minimum atomic E-state index is -1.36. The van der Waals surface area contributed by atoms with Crippen molar-refractivity contribution in [1.29, 1.82) is 0 Å². The molecule has 2 heterocycles. The van der Waals surface area contributed by atoms with Crippen LogP contribution in [0.4, 0.5) is 16.0 Å². The number of aliphatic carboxylic acids is 1. The van der Waals surface area contributed by atoms with Gasteiger partial charge in [0.25, 0.3) is 5.91 Å². The van der Waals surface area contributed by atoms with E-state index in [1.807, 2.05) is 0 Å². The minimum Gasteiger partial charge on any atom is -0.478 e. The van der Waals surface area contributed by atoms with Crippen molar-refractivity contribution in [1.82, 2.24) is 14.6 Å². The number of pyridine rings is 1. The van der Waals surface area contributed by atoms with Crippen molar-refractivity contribution >= 4 is 34.9 Å². The highest BCUT2D eigenvalue weighted by atomic mass is 19.1. The van der Waals surface area contributed by atoms with Crippen molar-refractivity contribution in [2.45, 2.75) is 0 Å². The van der Waals surface area contributed by atoms with Crippen molar-refractivity contribution in [2.24, 2.45) is 10.7 Å². The summed E-state index contributed by atoms with van der Waals surface area (Å²) in [4.78, 5) is 32.9. The Labute approximate surface area is 147 Å². The van der Waals surface area contributed by atoms with E-state index in [2.05, 4.69) is 20.4 Å². The Morgan fingerprint density at radius 1 is 1.54 bits per heavy atom. The van der Waals surface area contributed by atoms with E-state index in [1.165, 1.54) is 17.6 Å². The van der Waals surface area contributed by atoms with Gasteiger partial charge in [-0.25, -0.2) is 13.7 Å². The largest absolute Gasteiger partial charge is 0.478 e. The average Bonchev–Trinajstić information content (AvgIpc) is 3.02. The lowest BCUT2D eigenvalue weighted by Gasteiger charge is -2.10. The van der Waals surface area contributed by atoms with Gasteiger partial charge in [-0.15, -0.1) is 5.10 Å². The highest BCUT2D eigenvalue weighted by molar-refractivity contribution is 6.53. The molecular weight excluding hydrogens is 345 g/mol. The molecule has 2 rings (SSSR count). The quantitative estimate of drug-likeness (QED) is 0.467. The fraction of sp³-hybridized carbons (Fsp3) is 0.267. The summed E-state index contributed by atoms with van der Waals surface area (Å²) < 4.78 is 13.9.